The van der Waals surface area contributed by atoms with Crippen LogP contribution in [0.15, 0.2) is 24.3 Å². The van der Waals surface area contributed by atoms with Crippen LogP contribution in [0.4, 0.5) is 10.1 Å². The molecule has 0 atom stereocenters. The van der Waals surface area contributed by atoms with Crippen LogP contribution in [0.25, 0.3) is 0 Å². The Morgan fingerprint density at radius 2 is 1.81 bits per heavy atom. The fourth-order valence-electron chi connectivity index (χ4n) is 1.71. The molecule has 0 aromatic heterocycles. The van der Waals surface area contributed by atoms with Crippen LogP contribution in [0.2, 0.25) is 0 Å². The van der Waals surface area contributed by atoms with Crippen molar-refractivity contribution < 1.29 is 12.8 Å². The fourth-order valence-corrected chi connectivity index (χ4v) is 3.15. The Balaban J connectivity index is 2.36. The van der Waals surface area contributed by atoms with Crippen LogP contribution in [0.5, 0.6) is 0 Å². The molecule has 0 aliphatic carbocycles. The second-order valence-corrected chi connectivity index (χ2v) is 5.69. The molecule has 1 aliphatic rings. The Kier molecular flexibility index (Phi) is 2.86. The summed E-state index contributed by atoms with van der Waals surface area (Å²) in [4.78, 5) is 0. The van der Waals surface area contributed by atoms with E-state index in [0.29, 0.717) is 18.8 Å². The average molecular weight is 244 g/mol. The molecule has 0 radical (unpaired) electrons. The number of hydrogen-bond donors (Lipinski definition) is 0. The van der Waals surface area contributed by atoms with E-state index in [1.165, 1.54) is 32.9 Å². The topological polar surface area (TPSA) is 40.6 Å². The first kappa shape index (κ1) is 11.3. The van der Waals surface area contributed by atoms with Gasteiger partial charge in [-0.05, 0) is 30.7 Å². The fraction of sp³-hybridized carbons (Fsp3) is 0.400. The molecule has 1 aliphatic heterocycles. The van der Waals surface area contributed by atoms with E-state index < -0.39 is 10.2 Å². The second-order valence-electron chi connectivity index (χ2n) is 3.73. The van der Waals surface area contributed by atoms with Crippen molar-refractivity contribution >= 4 is 15.9 Å². The summed E-state index contributed by atoms with van der Waals surface area (Å²) in [6.07, 6.45) is 0.771. The van der Waals surface area contributed by atoms with Crippen LogP contribution < -0.4 is 4.31 Å². The normalized spacial score (nSPS) is 21.0. The van der Waals surface area contributed by atoms with Crippen LogP contribution in [-0.4, -0.2) is 32.9 Å². The number of halogens is 1. The van der Waals surface area contributed by atoms with Crippen molar-refractivity contribution in [2.45, 2.75) is 6.42 Å². The Hall–Kier alpha value is -1.14. The minimum atomic E-state index is -3.42. The standard InChI is InChI=1S/C10H13FN2O2S/c1-12-7-2-8-13(16(12,14)15)10-5-3-9(11)4-6-10/h3-6H,2,7-8H2,1H3. The molecule has 1 saturated heterocycles. The maximum atomic E-state index is 12.7. The second kappa shape index (κ2) is 4.03. The summed E-state index contributed by atoms with van der Waals surface area (Å²) >= 11 is 0. The first-order valence-corrected chi connectivity index (χ1v) is 6.41. The van der Waals surface area contributed by atoms with Gasteiger partial charge in [0.15, 0.2) is 0 Å². The summed E-state index contributed by atoms with van der Waals surface area (Å²) in [7, 11) is -1.88. The van der Waals surface area contributed by atoms with Crippen molar-refractivity contribution in [2.75, 3.05) is 24.4 Å². The lowest BCUT2D eigenvalue weighted by Gasteiger charge is -2.33. The van der Waals surface area contributed by atoms with Gasteiger partial charge in [0.05, 0.1) is 5.69 Å². The van der Waals surface area contributed by atoms with Crippen molar-refractivity contribution in [1.82, 2.24) is 4.31 Å². The van der Waals surface area contributed by atoms with Gasteiger partial charge in [-0.1, -0.05) is 0 Å². The summed E-state index contributed by atoms with van der Waals surface area (Å²) in [6.45, 7) is 0.971. The van der Waals surface area contributed by atoms with Crippen LogP contribution in [0, 0.1) is 5.82 Å². The zero-order chi connectivity index (χ0) is 11.8. The van der Waals surface area contributed by atoms with E-state index in [0.717, 1.165) is 6.42 Å². The van der Waals surface area contributed by atoms with Crippen molar-refractivity contribution in [2.24, 2.45) is 0 Å². The van der Waals surface area contributed by atoms with Gasteiger partial charge in [-0.25, -0.2) is 4.39 Å². The van der Waals surface area contributed by atoms with E-state index in [1.54, 1.807) is 7.05 Å². The van der Waals surface area contributed by atoms with Gasteiger partial charge in [0.25, 0.3) is 0 Å². The summed E-state index contributed by atoms with van der Waals surface area (Å²) in [5, 5.41) is 0. The van der Waals surface area contributed by atoms with Gasteiger partial charge in [0.1, 0.15) is 5.82 Å². The summed E-state index contributed by atoms with van der Waals surface area (Å²) in [5.74, 6) is -0.369. The van der Waals surface area contributed by atoms with E-state index >= 15 is 0 Å². The van der Waals surface area contributed by atoms with E-state index in [1.807, 2.05) is 0 Å². The third-order valence-electron chi connectivity index (χ3n) is 2.62. The molecule has 6 heteroatoms. The largest absolute Gasteiger partial charge is 0.303 e. The van der Waals surface area contributed by atoms with Crippen LogP contribution >= 0.6 is 0 Å². The molecule has 0 unspecified atom stereocenters. The molecule has 0 bridgehead atoms. The van der Waals surface area contributed by atoms with Gasteiger partial charge in [-0.15, -0.1) is 0 Å². The first-order valence-electron chi connectivity index (χ1n) is 5.01. The monoisotopic (exact) mass is 244 g/mol. The summed E-state index contributed by atoms with van der Waals surface area (Å²) in [5.41, 5.74) is 0.507. The molecule has 0 N–H and O–H groups in total. The molecule has 1 aromatic rings. The predicted molar refractivity (Wildman–Crippen MR) is 59.9 cm³/mol. The molecule has 0 saturated carbocycles. The van der Waals surface area contributed by atoms with Gasteiger partial charge >= 0.3 is 10.2 Å². The minimum Gasteiger partial charge on any atom is -0.258 e. The molecule has 2 rings (SSSR count). The van der Waals surface area contributed by atoms with Gasteiger partial charge < -0.3 is 0 Å². The highest BCUT2D eigenvalue weighted by atomic mass is 32.2. The third-order valence-corrected chi connectivity index (χ3v) is 4.54. The lowest BCUT2D eigenvalue weighted by Crippen LogP contribution is -2.47. The zero-order valence-corrected chi connectivity index (χ0v) is 9.74. The van der Waals surface area contributed by atoms with Crippen molar-refractivity contribution in [3.63, 3.8) is 0 Å². The predicted octanol–water partition coefficient (Wildman–Crippen LogP) is 1.21. The summed E-state index contributed by atoms with van der Waals surface area (Å²) < 4.78 is 39.3. The highest BCUT2D eigenvalue weighted by Gasteiger charge is 2.30. The maximum absolute atomic E-state index is 12.7. The quantitative estimate of drug-likeness (QED) is 0.745. The smallest absolute Gasteiger partial charge is 0.258 e. The molecule has 0 amide bonds. The third kappa shape index (κ3) is 1.90. The van der Waals surface area contributed by atoms with E-state index in [9.17, 15) is 12.8 Å². The Morgan fingerprint density at radius 3 is 2.44 bits per heavy atom. The molecule has 1 fully saturated rings. The van der Waals surface area contributed by atoms with Crippen LogP contribution in [0.1, 0.15) is 6.42 Å². The highest BCUT2D eigenvalue weighted by Crippen LogP contribution is 2.23. The Labute approximate surface area is 94.5 Å². The summed E-state index contributed by atoms with van der Waals surface area (Å²) in [6, 6.07) is 5.48. The van der Waals surface area contributed by atoms with Gasteiger partial charge in [-0.3, -0.25) is 4.31 Å². The average Bonchev–Trinajstić information content (AvgIpc) is 2.24. The van der Waals surface area contributed by atoms with Crippen LogP contribution in [0.3, 0.4) is 0 Å². The SMILES string of the molecule is CN1CCCN(c2ccc(F)cc2)S1(=O)=O. The van der Waals surface area contributed by atoms with Gasteiger partial charge in [0.2, 0.25) is 0 Å². The minimum absolute atomic E-state index is 0.369. The number of hydrogen-bond acceptors (Lipinski definition) is 2. The number of nitrogens with zero attached hydrogens (tertiary/aromatic N) is 2. The van der Waals surface area contributed by atoms with Gasteiger partial charge in [-0.2, -0.15) is 12.7 Å². The molecule has 0 spiro atoms. The van der Waals surface area contributed by atoms with Crippen LogP contribution in [-0.2, 0) is 10.2 Å². The van der Waals surface area contributed by atoms with E-state index in [4.69, 9.17) is 0 Å². The lowest BCUT2D eigenvalue weighted by atomic mass is 10.3. The number of anilines is 1. The zero-order valence-electron chi connectivity index (χ0n) is 8.93. The molecule has 1 aromatic carbocycles. The first-order chi connectivity index (χ1) is 7.51. The Morgan fingerprint density at radius 1 is 1.19 bits per heavy atom. The molecular formula is C10H13FN2O2S. The lowest BCUT2D eigenvalue weighted by molar-refractivity contribution is 0.438. The highest BCUT2D eigenvalue weighted by molar-refractivity contribution is 7.90. The molecule has 88 valence electrons. The Bertz CT molecular complexity index is 472. The van der Waals surface area contributed by atoms with Crippen molar-refractivity contribution in [1.29, 1.82) is 0 Å². The molecule has 4 nitrogen and oxygen atoms in total. The number of benzene rings is 1. The number of rotatable bonds is 1. The maximum Gasteiger partial charge on any atom is 0.303 e. The molecular weight excluding hydrogens is 231 g/mol. The van der Waals surface area contributed by atoms with Gasteiger partial charge in [0, 0.05) is 20.1 Å². The van der Waals surface area contributed by atoms with E-state index in [2.05, 4.69) is 0 Å². The molecule has 16 heavy (non-hydrogen) atoms. The van der Waals surface area contributed by atoms with E-state index in [-0.39, 0.29) is 5.82 Å². The van der Waals surface area contributed by atoms with Crippen molar-refractivity contribution in [3.05, 3.63) is 30.1 Å². The molecule has 1 heterocycles. The van der Waals surface area contributed by atoms with Crippen molar-refractivity contribution in [3.8, 4) is 0 Å².